The van der Waals surface area contributed by atoms with Crippen molar-refractivity contribution in [2.75, 3.05) is 26.4 Å². The highest BCUT2D eigenvalue weighted by molar-refractivity contribution is 6.00. The first kappa shape index (κ1) is 42.9. The number of non-ortho nitro benzene ring substituents is 2. The van der Waals surface area contributed by atoms with Crippen LogP contribution < -0.4 is 4.74 Å². The fourth-order valence-electron chi connectivity index (χ4n) is 3.19. The molecular formula is C32H38N2O15. The maximum absolute atomic E-state index is 11.6. The number of phenols is 1. The number of phenolic OH excluding ortho intramolecular Hbond substituents is 1. The number of carbonyl (C=O) groups excluding carboxylic acids is 5. The van der Waals surface area contributed by atoms with Crippen LogP contribution in [0.2, 0.25) is 0 Å². The third-order valence-corrected chi connectivity index (χ3v) is 5.19. The molecule has 3 rings (SSSR count). The number of benzene rings is 2. The third kappa shape index (κ3) is 19.2. The van der Waals surface area contributed by atoms with Gasteiger partial charge in [0.15, 0.2) is 5.78 Å². The first-order valence-corrected chi connectivity index (χ1v) is 14.6. The second kappa shape index (κ2) is 24.1. The normalized spacial score (nSPS) is 12.6. The number of aromatic hydroxyl groups is 1. The molecule has 0 aliphatic carbocycles. The van der Waals surface area contributed by atoms with E-state index in [0.717, 1.165) is 24.3 Å². The molecule has 1 unspecified atom stereocenters. The second-order valence-corrected chi connectivity index (χ2v) is 8.94. The van der Waals surface area contributed by atoms with Gasteiger partial charge >= 0.3 is 23.9 Å². The summed E-state index contributed by atoms with van der Waals surface area (Å²) < 4.78 is 23.5. The number of Topliss-reactive ketones (excluding diaryl/α,β-unsaturated/α-hetero) is 1. The van der Waals surface area contributed by atoms with Gasteiger partial charge in [-0.25, -0.2) is 19.2 Å². The number of hydrogen-bond donors (Lipinski definition) is 1. The minimum Gasteiger partial charge on any atom is -0.508 e. The highest BCUT2D eigenvalue weighted by Gasteiger charge is 2.25. The third-order valence-electron chi connectivity index (χ3n) is 5.19. The number of hydrogen-bond acceptors (Lipinski definition) is 15. The molecule has 2 aromatic carbocycles. The van der Waals surface area contributed by atoms with Crippen molar-refractivity contribution in [2.24, 2.45) is 0 Å². The van der Waals surface area contributed by atoms with Crippen molar-refractivity contribution in [1.82, 2.24) is 0 Å². The van der Waals surface area contributed by atoms with E-state index in [0.29, 0.717) is 37.7 Å². The van der Waals surface area contributed by atoms with Gasteiger partial charge < -0.3 is 28.8 Å². The molecule has 1 aliphatic heterocycles. The summed E-state index contributed by atoms with van der Waals surface area (Å²) in [7, 11) is 0. The predicted octanol–water partition coefficient (Wildman–Crippen LogP) is 4.59. The van der Waals surface area contributed by atoms with Crippen LogP contribution in [0.1, 0.15) is 51.4 Å². The number of nitrogens with zero attached hydrogens (tertiary/aromatic N) is 2. The number of fused-ring (bicyclic) bond motifs is 1. The molecule has 0 spiro atoms. The quantitative estimate of drug-likeness (QED) is 0.118. The molecule has 1 heterocycles. The first-order chi connectivity index (χ1) is 23.2. The lowest BCUT2D eigenvalue weighted by molar-refractivity contribution is -0.385. The van der Waals surface area contributed by atoms with Gasteiger partial charge in [0.2, 0.25) is 0 Å². The largest absolute Gasteiger partial charge is 0.508 e. The van der Waals surface area contributed by atoms with Gasteiger partial charge in [-0.05, 0) is 52.8 Å². The van der Waals surface area contributed by atoms with Crippen molar-refractivity contribution < 1.29 is 62.6 Å². The van der Waals surface area contributed by atoms with Gasteiger partial charge in [-0.2, -0.15) is 0 Å². The summed E-state index contributed by atoms with van der Waals surface area (Å²) >= 11 is 0. The Balaban J connectivity index is 0.000000634. The van der Waals surface area contributed by atoms with Crippen molar-refractivity contribution in [1.29, 1.82) is 0 Å². The van der Waals surface area contributed by atoms with Gasteiger partial charge in [0, 0.05) is 55.0 Å². The smallest absolute Gasteiger partial charge is 0.330 e. The van der Waals surface area contributed by atoms with Crippen molar-refractivity contribution in [3.8, 4) is 11.5 Å². The van der Waals surface area contributed by atoms with Gasteiger partial charge in [-0.1, -0.05) is 0 Å². The van der Waals surface area contributed by atoms with Crippen molar-refractivity contribution in [2.45, 2.75) is 47.1 Å². The highest BCUT2D eigenvalue weighted by atomic mass is 16.6. The standard InChI is InChI=1S/C10H9NO4.2C8H12O4.C6H5NO3/c1-6-4-9(12)8-5-7(11(13)14)2-3-10(8)15-6;2*1-3-11-7(9)5-6-8(10)12-4-2;8-6-3-1-5(2-4-6)7(9)10/h2-3,5-6H,4H2,1H3;2*5-6H,3-4H2,1-2H3;1-4,8H/b;6-5+;6-5-;. The van der Waals surface area contributed by atoms with Gasteiger partial charge in [-0.15, -0.1) is 0 Å². The van der Waals surface area contributed by atoms with Gasteiger partial charge in [0.05, 0.1) is 41.8 Å². The number of carbonyl (C=O) groups is 5. The van der Waals surface area contributed by atoms with E-state index in [4.69, 9.17) is 9.84 Å². The monoisotopic (exact) mass is 690 g/mol. The average molecular weight is 691 g/mol. The number of esters is 4. The Morgan fingerprint density at radius 1 is 0.735 bits per heavy atom. The zero-order valence-electron chi connectivity index (χ0n) is 27.5. The van der Waals surface area contributed by atoms with Crippen LogP contribution in [0.25, 0.3) is 0 Å². The topological polar surface area (TPSA) is 238 Å². The summed E-state index contributed by atoms with van der Waals surface area (Å²) in [6.07, 6.45) is 4.28. The van der Waals surface area contributed by atoms with Crippen molar-refractivity contribution in [3.05, 3.63) is 92.6 Å². The Kier molecular flexibility index (Phi) is 21.1. The van der Waals surface area contributed by atoms with Crippen molar-refractivity contribution in [3.63, 3.8) is 0 Å². The van der Waals surface area contributed by atoms with E-state index in [2.05, 4.69) is 18.9 Å². The molecule has 0 saturated carbocycles. The lowest BCUT2D eigenvalue weighted by atomic mass is 10.0. The minimum absolute atomic E-state index is 0.0159. The van der Waals surface area contributed by atoms with Crippen LogP contribution >= 0.6 is 0 Å². The summed E-state index contributed by atoms with van der Waals surface area (Å²) in [5, 5.41) is 29.3. The number of ketones is 1. The molecule has 17 heteroatoms. The molecule has 1 atom stereocenters. The Morgan fingerprint density at radius 2 is 1.10 bits per heavy atom. The Hall–Kier alpha value is -6.13. The van der Waals surface area contributed by atoms with Crippen LogP contribution in [-0.4, -0.2) is 77.1 Å². The summed E-state index contributed by atoms with van der Waals surface area (Å²) in [4.78, 5) is 73.6. The number of rotatable bonds is 10. The van der Waals surface area contributed by atoms with Crippen LogP contribution in [0.3, 0.4) is 0 Å². The summed E-state index contributed by atoms with van der Waals surface area (Å²) in [5.74, 6) is -1.78. The Bertz CT molecular complexity index is 1400. The van der Waals surface area contributed by atoms with E-state index < -0.39 is 33.7 Å². The van der Waals surface area contributed by atoms with Crippen LogP contribution in [0.5, 0.6) is 11.5 Å². The molecular weight excluding hydrogens is 652 g/mol. The molecule has 17 nitrogen and oxygen atoms in total. The maximum Gasteiger partial charge on any atom is 0.330 e. The molecule has 2 aromatic rings. The predicted molar refractivity (Wildman–Crippen MR) is 172 cm³/mol. The summed E-state index contributed by atoms with van der Waals surface area (Å²) in [5.41, 5.74) is 0.209. The molecule has 0 bridgehead atoms. The molecule has 1 aliphatic rings. The highest BCUT2D eigenvalue weighted by Crippen LogP contribution is 2.30. The van der Waals surface area contributed by atoms with E-state index in [1.807, 2.05) is 0 Å². The van der Waals surface area contributed by atoms with Crippen LogP contribution in [0, 0.1) is 20.2 Å². The van der Waals surface area contributed by atoms with Gasteiger partial charge in [0.1, 0.15) is 17.6 Å². The van der Waals surface area contributed by atoms with Crippen molar-refractivity contribution >= 4 is 41.0 Å². The molecule has 0 amide bonds. The van der Waals surface area contributed by atoms with E-state index in [-0.39, 0.29) is 35.4 Å². The molecule has 0 radical (unpaired) electrons. The van der Waals surface area contributed by atoms with Gasteiger partial charge in [0.25, 0.3) is 11.4 Å². The number of ether oxygens (including phenoxy) is 5. The lowest BCUT2D eigenvalue weighted by Gasteiger charge is -2.21. The zero-order valence-corrected chi connectivity index (χ0v) is 27.5. The summed E-state index contributed by atoms with van der Waals surface area (Å²) in [6.45, 7) is 9.75. The Morgan fingerprint density at radius 3 is 1.45 bits per heavy atom. The molecule has 266 valence electrons. The Labute approximate surface area is 281 Å². The first-order valence-electron chi connectivity index (χ1n) is 14.6. The fraction of sp³-hybridized carbons (Fsp3) is 0.344. The number of nitro benzene ring substituents is 2. The minimum atomic E-state index is -0.537. The second-order valence-electron chi connectivity index (χ2n) is 8.94. The van der Waals surface area contributed by atoms with E-state index in [1.54, 1.807) is 34.6 Å². The van der Waals surface area contributed by atoms with E-state index in [1.165, 1.54) is 42.5 Å². The fourth-order valence-corrected chi connectivity index (χ4v) is 3.19. The summed E-state index contributed by atoms with van der Waals surface area (Å²) in [6, 6.07) is 9.12. The van der Waals surface area contributed by atoms with Crippen LogP contribution in [-0.2, 0) is 38.1 Å². The molecule has 0 fully saturated rings. The molecule has 1 N–H and O–H groups in total. The number of nitro groups is 2. The maximum atomic E-state index is 11.6. The molecule has 0 aromatic heterocycles. The average Bonchev–Trinajstić information content (AvgIpc) is 3.04. The molecule has 49 heavy (non-hydrogen) atoms. The van der Waals surface area contributed by atoms with Crippen LogP contribution in [0.15, 0.2) is 66.8 Å². The van der Waals surface area contributed by atoms with E-state index in [9.17, 15) is 44.2 Å². The lowest BCUT2D eigenvalue weighted by Crippen LogP contribution is -2.23. The molecule has 0 saturated heterocycles. The van der Waals surface area contributed by atoms with Crippen LogP contribution in [0.4, 0.5) is 11.4 Å². The van der Waals surface area contributed by atoms with Gasteiger partial charge in [-0.3, -0.25) is 25.0 Å². The SMILES string of the molecule is CC1CC(=O)c2cc([N+](=O)[O-])ccc2O1.CCOC(=O)/C=C/C(=O)OCC.CCOC(=O)/C=C\C(=O)OCC.O=[N+]([O-])c1ccc(O)cc1. The zero-order chi connectivity index (χ0) is 37.4. The van der Waals surface area contributed by atoms with E-state index >= 15 is 0 Å².